The molecule has 0 aromatic rings. The second kappa shape index (κ2) is 4.70. The molecule has 7 atom stereocenters. The van der Waals surface area contributed by atoms with Crippen LogP contribution in [0.1, 0.15) is 34.1 Å². The van der Waals surface area contributed by atoms with E-state index in [4.69, 9.17) is 0 Å². The van der Waals surface area contributed by atoms with Crippen molar-refractivity contribution in [3.63, 3.8) is 0 Å². The lowest BCUT2D eigenvalue weighted by atomic mass is 9.52. The van der Waals surface area contributed by atoms with Crippen LogP contribution in [0.15, 0.2) is 23.3 Å². The van der Waals surface area contributed by atoms with Gasteiger partial charge in [0.15, 0.2) is 5.78 Å². The van der Waals surface area contributed by atoms with Gasteiger partial charge in [0.2, 0.25) is 0 Å². The van der Waals surface area contributed by atoms with Gasteiger partial charge in [-0.2, -0.15) is 0 Å². The number of aliphatic hydroxyl groups excluding tert-OH is 1. The summed E-state index contributed by atoms with van der Waals surface area (Å²) in [5, 5.41) is 32.9. The van der Waals surface area contributed by atoms with Crippen molar-refractivity contribution in [3.8, 4) is 0 Å². The highest BCUT2D eigenvalue weighted by Crippen LogP contribution is 2.68. The van der Waals surface area contributed by atoms with E-state index in [1.54, 1.807) is 13.0 Å². The lowest BCUT2D eigenvalue weighted by Crippen LogP contribution is -2.55. The molecule has 2 fully saturated rings. The van der Waals surface area contributed by atoms with Crippen LogP contribution < -0.4 is 0 Å². The van der Waals surface area contributed by atoms with Crippen LogP contribution in [-0.2, 0) is 9.59 Å². The van der Waals surface area contributed by atoms with E-state index < -0.39 is 22.5 Å². The van der Waals surface area contributed by atoms with Crippen LogP contribution >= 0.6 is 0 Å². The molecule has 2 saturated carbocycles. The molecule has 3 N–H and O–H groups in total. The fourth-order valence-electron chi connectivity index (χ4n) is 6.35. The predicted octanol–water partition coefficient (Wildman–Crippen LogP) is 1.02. The topological polar surface area (TPSA) is 94.8 Å². The maximum absolute atomic E-state index is 12.7. The van der Waals surface area contributed by atoms with E-state index in [1.807, 2.05) is 26.8 Å². The Kier molecular flexibility index (Phi) is 3.22. The molecule has 0 radical (unpaired) electrons. The van der Waals surface area contributed by atoms with Gasteiger partial charge in [-0.15, -0.1) is 0 Å². The number of hydrogen-bond donors (Lipinski definition) is 3. The van der Waals surface area contributed by atoms with Gasteiger partial charge in [0.25, 0.3) is 0 Å². The van der Waals surface area contributed by atoms with Crippen LogP contribution in [-0.4, -0.2) is 44.7 Å². The number of hydrogen-bond acceptors (Lipinski definition) is 5. The molecular weight excluding hydrogens is 320 g/mol. The second-order valence-electron chi connectivity index (χ2n) is 9.08. The quantitative estimate of drug-likeness (QED) is 0.616. The lowest BCUT2D eigenvalue weighted by molar-refractivity contribution is -0.155. The van der Waals surface area contributed by atoms with Crippen LogP contribution in [0.4, 0.5) is 0 Å². The van der Waals surface area contributed by atoms with Gasteiger partial charge in [-0.3, -0.25) is 9.59 Å². The van der Waals surface area contributed by atoms with Crippen molar-refractivity contribution in [2.24, 2.45) is 35.0 Å². The molecule has 4 aliphatic rings. The van der Waals surface area contributed by atoms with E-state index in [9.17, 15) is 24.9 Å². The molecule has 0 unspecified atom stereocenters. The number of ketones is 2. The highest BCUT2D eigenvalue weighted by atomic mass is 16.3. The van der Waals surface area contributed by atoms with Crippen molar-refractivity contribution >= 4 is 11.6 Å². The zero-order valence-electron chi connectivity index (χ0n) is 15.1. The molecule has 0 amide bonds. The third kappa shape index (κ3) is 1.70. The zero-order chi connectivity index (χ0) is 18.5. The summed E-state index contributed by atoms with van der Waals surface area (Å²) >= 11 is 0. The van der Waals surface area contributed by atoms with Crippen molar-refractivity contribution in [2.75, 3.05) is 6.61 Å². The summed E-state index contributed by atoms with van der Waals surface area (Å²) in [5.41, 5.74) is -2.66. The monoisotopic (exact) mass is 346 g/mol. The minimum Gasteiger partial charge on any atom is -0.392 e. The molecule has 0 aromatic carbocycles. The number of Topliss-reactive ketones (excluding diaryl/α,β-unsaturated/α-hetero) is 2. The molecule has 5 nitrogen and oxygen atoms in total. The average Bonchev–Trinajstić information content (AvgIpc) is 2.87. The van der Waals surface area contributed by atoms with Gasteiger partial charge < -0.3 is 15.3 Å². The normalized spacial score (nSPS) is 50.3. The summed E-state index contributed by atoms with van der Waals surface area (Å²) in [7, 11) is 0. The Labute approximate surface area is 147 Å². The Hall–Kier alpha value is -1.30. The van der Waals surface area contributed by atoms with Crippen molar-refractivity contribution in [3.05, 3.63) is 23.3 Å². The van der Waals surface area contributed by atoms with Crippen molar-refractivity contribution < 1.29 is 24.9 Å². The maximum atomic E-state index is 12.7. The minimum absolute atomic E-state index is 0.0259. The van der Waals surface area contributed by atoms with Crippen LogP contribution in [0, 0.1) is 35.0 Å². The maximum Gasteiger partial charge on any atom is 0.190 e. The van der Waals surface area contributed by atoms with Gasteiger partial charge in [-0.05, 0) is 29.9 Å². The number of carbonyl (C=O) groups is 2. The molecule has 0 aromatic heterocycles. The Bertz CT molecular complexity index is 747. The first kappa shape index (κ1) is 17.1. The third-order valence-electron chi connectivity index (χ3n) is 7.64. The van der Waals surface area contributed by atoms with Crippen LogP contribution in [0.3, 0.4) is 0 Å². The molecule has 25 heavy (non-hydrogen) atoms. The third-order valence-corrected chi connectivity index (χ3v) is 7.64. The van der Waals surface area contributed by atoms with Gasteiger partial charge in [0.05, 0.1) is 12.2 Å². The van der Waals surface area contributed by atoms with E-state index in [2.05, 4.69) is 0 Å². The smallest absolute Gasteiger partial charge is 0.190 e. The van der Waals surface area contributed by atoms with Crippen molar-refractivity contribution in [1.82, 2.24) is 0 Å². The first-order chi connectivity index (χ1) is 11.5. The summed E-state index contributed by atoms with van der Waals surface area (Å²) in [5.74, 6) is -2.05. The molecule has 136 valence electrons. The Balaban J connectivity index is 1.94. The van der Waals surface area contributed by atoms with Gasteiger partial charge in [0.1, 0.15) is 11.4 Å². The highest BCUT2D eigenvalue weighted by Gasteiger charge is 2.75. The molecule has 4 rings (SSSR count). The molecule has 0 aliphatic heterocycles. The van der Waals surface area contributed by atoms with Gasteiger partial charge in [0, 0.05) is 29.6 Å². The van der Waals surface area contributed by atoms with E-state index in [0.29, 0.717) is 11.1 Å². The molecule has 5 heteroatoms. The largest absolute Gasteiger partial charge is 0.392 e. The highest BCUT2D eigenvalue weighted by molar-refractivity contribution is 6.05. The summed E-state index contributed by atoms with van der Waals surface area (Å²) in [6.07, 6.45) is 3.54. The first-order valence-corrected chi connectivity index (χ1v) is 9.04. The number of rotatable bonds is 1. The summed E-state index contributed by atoms with van der Waals surface area (Å²) in [4.78, 5) is 25.4. The van der Waals surface area contributed by atoms with Crippen LogP contribution in [0.2, 0.25) is 0 Å². The number of aliphatic hydroxyl groups is 3. The fourth-order valence-corrected chi connectivity index (χ4v) is 6.35. The predicted molar refractivity (Wildman–Crippen MR) is 90.4 cm³/mol. The van der Waals surface area contributed by atoms with Gasteiger partial charge >= 0.3 is 0 Å². The number of fused-ring (bicyclic) bond motifs is 5. The summed E-state index contributed by atoms with van der Waals surface area (Å²) < 4.78 is 0. The summed E-state index contributed by atoms with van der Waals surface area (Å²) in [6, 6.07) is 0. The SMILES string of the molecule is CC1=C[C@@H]2[C@@]3(O)[C@H](C)[C@H]4C(=O)C(C)(C)[C@H]4[C@@H]3C=C(CO)C[C@]2(O)C1=O. The molecule has 0 heterocycles. The minimum atomic E-state index is -1.74. The molecule has 0 spiro atoms. The molecule has 0 bridgehead atoms. The second-order valence-corrected chi connectivity index (χ2v) is 9.08. The first-order valence-electron chi connectivity index (χ1n) is 9.04. The van der Waals surface area contributed by atoms with Crippen LogP contribution in [0.25, 0.3) is 0 Å². The van der Waals surface area contributed by atoms with E-state index in [0.717, 1.165) is 0 Å². The van der Waals surface area contributed by atoms with E-state index in [-0.39, 0.29) is 48.3 Å². The Morgan fingerprint density at radius 3 is 2.44 bits per heavy atom. The Morgan fingerprint density at radius 2 is 1.84 bits per heavy atom. The Morgan fingerprint density at radius 1 is 1.20 bits per heavy atom. The molecule has 4 aliphatic carbocycles. The van der Waals surface area contributed by atoms with E-state index in [1.165, 1.54) is 0 Å². The van der Waals surface area contributed by atoms with Gasteiger partial charge in [-0.1, -0.05) is 32.9 Å². The van der Waals surface area contributed by atoms with Crippen molar-refractivity contribution in [1.29, 1.82) is 0 Å². The van der Waals surface area contributed by atoms with E-state index >= 15 is 0 Å². The van der Waals surface area contributed by atoms with Crippen LogP contribution in [0.5, 0.6) is 0 Å². The number of carbonyl (C=O) groups excluding carboxylic acids is 2. The molecule has 0 saturated heterocycles. The lowest BCUT2D eigenvalue weighted by Gasteiger charge is -2.49. The van der Waals surface area contributed by atoms with Gasteiger partial charge in [-0.25, -0.2) is 0 Å². The standard InChI is InChI=1S/C20H26O5/c1-9-5-13-19(24,16(9)22)7-11(8-21)6-12-15-14(10(2)20(12,13)25)17(23)18(15,3)4/h5-6,10,12-15,21,24-25H,7-8H2,1-4H3/t10-,12+,13+,14-,15+,19-,20-/m1/s1. The average molecular weight is 346 g/mol. The summed E-state index contributed by atoms with van der Waals surface area (Å²) in [6.45, 7) is 7.04. The molecular formula is C20H26O5. The zero-order valence-corrected chi connectivity index (χ0v) is 15.1. The van der Waals surface area contributed by atoms with Crippen molar-refractivity contribution in [2.45, 2.75) is 45.3 Å². The fraction of sp³-hybridized carbons (Fsp3) is 0.700.